The van der Waals surface area contributed by atoms with Gasteiger partial charge < -0.3 is 5.11 Å². The van der Waals surface area contributed by atoms with Crippen molar-refractivity contribution in [2.75, 3.05) is 12.4 Å². The molecular weight excluding hydrogens is 204 g/mol. The van der Waals surface area contributed by atoms with Gasteiger partial charge in [0.2, 0.25) is 0 Å². The van der Waals surface area contributed by atoms with Crippen LogP contribution in [0.3, 0.4) is 0 Å². The van der Waals surface area contributed by atoms with E-state index < -0.39 is 0 Å². The summed E-state index contributed by atoms with van der Waals surface area (Å²) in [5.74, 6) is 2.44. The Kier molecular flexibility index (Phi) is 4.09. The molecule has 2 rings (SSSR count). The molecule has 0 bridgehead atoms. The zero-order valence-corrected chi connectivity index (χ0v) is 9.75. The second-order valence-corrected chi connectivity index (χ2v) is 5.35. The van der Waals surface area contributed by atoms with Crippen LogP contribution in [0.5, 0.6) is 0 Å². The van der Waals surface area contributed by atoms with E-state index in [4.69, 9.17) is 0 Å². The van der Waals surface area contributed by atoms with E-state index in [2.05, 4.69) is 30.3 Å². The molecule has 1 aliphatic carbocycles. The maximum absolute atomic E-state index is 9.22. The van der Waals surface area contributed by atoms with Gasteiger partial charge in [-0.3, -0.25) is 0 Å². The highest BCUT2D eigenvalue weighted by Gasteiger charge is 2.26. The molecule has 0 radical (unpaired) electrons. The molecule has 82 valence electrons. The third-order valence-electron chi connectivity index (χ3n) is 3.26. The largest absolute Gasteiger partial charge is 0.396 e. The molecule has 1 N–H and O–H groups in total. The molecule has 0 saturated heterocycles. The fourth-order valence-corrected chi connectivity index (χ4v) is 3.49. The molecule has 2 heteroatoms. The molecule has 0 aliphatic heterocycles. The van der Waals surface area contributed by atoms with E-state index >= 15 is 0 Å². The number of benzene rings is 1. The second-order valence-electron chi connectivity index (χ2n) is 4.26. The third kappa shape index (κ3) is 2.99. The van der Waals surface area contributed by atoms with Crippen LogP contribution in [0.2, 0.25) is 0 Å². The first kappa shape index (κ1) is 11.0. The highest BCUT2D eigenvalue weighted by molar-refractivity contribution is 7.99. The predicted octanol–water partition coefficient (Wildman–Crippen LogP) is 3.19. The summed E-state index contributed by atoms with van der Waals surface area (Å²) in [6, 6.07) is 10.5. The monoisotopic (exact) mass is 222 g/mol. The van der Waals surface area contributed by atoms with Crippen molar-refractivity contribution in [2.45, 2.75) is 24.2 Å². The van der Waals surface area contributed by atoms with E-state index in [1.54, 1.807) is 0 Å². The molecule has 1 aliphatic rings. The van der Waals surface area contributed by atoms with Crippen molar-refractivity contribution < 1.29 is 5.11 Å². The first-order valence-electron chi connectivity index (χ1n) is 5.69. The van der Waals surface area contributed by atoms with Crippen molar-refractivity contribution in [2.24, 2.45) is 11.8 Å². The van der Waals surface area contributed by atoms with Gasteiger partial charge in [-0.15, -0.1) is 11.8 Å². The first-order chi connectivity index (χ1) is 7.40. The van der Waals surface area contributed by atoms with Crippen LogP contribution in [-0.4, -0.2) is 17.5 Å². The van der Waals surface area contributed by atoms with Crippen LogP contribution < -0.4 is 0 Å². The highest BCUT2D eigenvalue weighted by Crippen LogP contribution is 2.35. The Morgan fingerprint density at radius 1 is 1.13 bits per heavy atom. The van der Waals surface area contributed by atoms with Gasteiger partial charge in [-0.25, -0.2) is 0 Å². The second kappa shape index (κ2) is 5.57. The van der Waals surface area contributed by atoms with Crippen molar-refractivity contribution in [1.82, 2.24) is 0 Å². The van der Waals surface area contributed by atoms with Crippen LogP contribution in [-0.2, 0) is 0 Å². The number of aliphatic hydroxyl groups is 1. The van der Waals surface area contributed by atoms with E-state index in [0.717, 1.165) is 11.7 Å². The van der Waals surface area contributed by atoms with Crippen LogP contribution in [0.15, 0.2) is 35.2 Å². The highest BCUT2D eigenvalue weighted by atomic mass is 32.2. The van der Waals surface area contributed by atoms with Crippen molar-refractivity contribution in [3.63, 3.8) is 0 Å². The average molecular weight is 222 g/mol. The number of thioether (sulfide) groups is 1. The summed E-state index contributed by atoms with van der Waals surface area (Å²) in [6.45, 7) is 0.375. The first-order valence-corrected chi connectivity index (χ1v) is 6.67. The Morgan fingerprint density at radius 3 is 2.60 bits per heavy atom. The Hall–Kier alpha value is -0.470. The molecule has 0 amide bonds. The summed E-state index contributed by atoms with van der Waals surface area (Å²) in [5.41, 5.74) is 0. The molecule has 1 nitrogen and oxygen atoms in total. The number of hydrogen-bond donors (Lipinski definition) is 1. The van der Waals surface area contributed by atoms with Gasteiger partial charge in [-0.1, -0.05) is 24.6 Å². The van der Waals surface area contributed by atoms with Crippen LogP contribution in [0.1, 0.15) is 19.3 Å². The summed E-state index contributed by atoms with van der Waals surface area (Å²) < 4.78 is 0. The predicted molar refractivity (Wildman–Crippen MR) is 65.1 cm³/mol. The fourth-order valence-electron chi connectivity index (χ4n) is 2.29. The van der Waals surface area contributed by atoms with E-state index in [1.165, 1.54) is 24.2 Å². The lowest BCUT2D eigenvalue weighted by molar-refractivity contribution is 0.203. The van der Waals surface area contributed by atoms with Crippen LogP contribution in [0.4, 0.5) is 0 Å². The van der Waals surface area contributed by atoms with Gasteiger partial charge in [0, 0.05) is 17.3 Å². The minimum atomic E-state index is 0.375. The summed E-state index contributed by atoms with van der Waals surface area (Å²) >= 11 is 1.93. The molecule has 0 unspecified atom stereocenters. The molecular formula is C13H18OS. The molecule has 1 fully saturated rings. The zero-order valence-electron chi connectivity index (χ0n) is 8.93. The molecule has 1 aromatic carbocycles. The topological polar surface area (TPSA) is 20.2 Å². The Labute approximate surface area is 95.9 Å². The van der Waals surface area contributed by atoms with Gasteiger partial charge >= 0.3 is 0 Å². The van der Waals surface area contributed by atoms with Crippen molar-refractivity contribution in [1.29, 1.82) is 0 Å². The summed E-state index contributed by atoms with van der Waals surface area (Å²) in [7, 11) is 0. The molecule has 0 heterocycles. The van der Waals surface area contributed by atoms with Gasteiger partial charge in [0.25, 0.3) is 0 Å². The molecule has 2 atom stereocenters. The van der Waals surface area contributed by atoms with E-state index in [9.17, 15) is 5.11 Å². The van der Waals surface area contributed by atoms with Crippen molar-refractivity contribution in [3.05, 3.63) is 30.3 Å². The number of aliphatic hydroxyl groups excluding tert-OH is 1. The summed E-state index contributed by atoms with van der Waals surface area (Å²) in [5, 5.41) is 9.22. The lowest BCUT2D eigenvalue weighted by Crippen LogP contribution is -2.14. The lowest BCUT2D eigenvalue weighted by atomic mass is 9.99. The van der Waals surface area contributed by atoms with Gasteiger partial charge in [0.1, 0.15) is 0 Å². The molecule has 15 heavy (non-hydrogen) atoms. The van der Waals surface area contributed by atoms with Gasteiger partial charge in [0.15, 0.2) is 0 Å². The minimum absolute atomic E-state index is 0.375. The fraction of sp³-hybridized carbons (Fsp3) is 0.538. The minimum Gasteiger partial charge on any atom is -0.396 e. The molecule has 1 aromatic rings. The van der Waals surface area contributed by atoms with E-state index in [0.29, 0.717) is 12.5 Å². The smallest absolute Gasteiger partial charge is 0.0462 e. The van der Waals surface area contributed by atoms with Gasteiger partial charge in [0.05, 0.1) is 0 Å². The number of hydrogen-bond acceptors (Lipinski definition) is 2. The maximum atomic E-state index is 9.22. The van der Waals surface area contributed by atoms with E-state index in [-0.39, 0.29) is 0 Å². The Morgan fingerprint density at radius 2 is 1.87 bits per heavy atom. The molecule has 0 spiro atoms. The molecule has 1 saturated carbocycles. The van der Waals surface area contributed by atoms with E-state index in [1.807, 2.05) is 11.8 Å². The van der Waals surface area contributed by atoms with Gasteiger partial charge in [-0.2, -0.15) is 0 Å². The lowest BCUT2D eigenvalue weighted by Gasteiger charge is -2.16. The molecule has 0 aromatic heterocycles. The Bertz CT molecular complexity index is 286. The third-order valence-corrected chi connectivity index (χ3v) is 4.46. The van der Waals surface area contributed by atoms with Gasteiger partial charge in [-0.05, 0) is 36.8 Å². The average Bonchev–Trinajstić information content (AvgIpc) is 2.75. The normalized spacial score (nSPS) is 25.7. The zero-order chi connectivity index (χ0) is 10.5. The Balaban J connectivity index is 1.83. The SMILES string of the molecule is OC[C@@H]1CCC[C@H]1CSc1ccccc1. The van der Waals surface area contributed by atoms with Crippen LogP contribution >= 0.6 is 11.8 Å². The van der Waals surface area contributed by atoms with Crippen LogP contribution in [0, 0.1) is 11.8 Å². The van der Waals surface area contributed by atoms with Crippen molar-refractivity contribution in [3.8, 4) is 0 Å². The van der Waals surface area contributed by atoms with Crippen molar-refractivity contribution >= 4 is 11.8 Å². The number of rotatable bonds is 4. The summed E-state index contributed by atoms with van der Waals surface area (Å²) in [6.07, 6.45) is 3.81. The quantitative estimate of drug-likeness (QED) is 0.790. The standard InChI is InChI=1S/C13H18OS/c14-9-11-5-4-6-12(11)10-15-13-7-2-1-3-8-13/h1-3,7-8,11-12,14H,4-6,9-10H2/t11-,12-/m0/s1. The van der Waals surface area contributed by atoms with Crippen LogP contribution in [0.25, 0.3) is 0 Å². The summed E-state index contributed by atoms with van der Waals surface area (Å²) in [4.78, 5) is 1.35. The maximum Gasteiger partial charge on any atom is 0.0462 e.